The summed E-state index contributed by atoms with van der Waals surface area (Å²) in [6, 6.07) is 0.565. The van der Waals surface area contributed by atoms with Crippen molar-refractivity contribution in [1.82, 2.24) is 20.3 Å². The SMILES string of the molecule is CC1CCSC(=NCCCn2ccnn2)N1. The number of nitrogens with zero attached hydrogens (tertiary/aromatic N) is 4. The summed E-state index contributed by atoms with van der Waals surface area (Å²) in [4.78, 5) is 4.54. The van der Waals surface area contributed by atoms with Crippen molar-refractivity contribution in [2.45, 2.75) is 32.4 Å². The van der Waals surface area contributed by atoms with Crippen molar-refractivity contribution in [3.8, 4) is 0 Å². The lowest BCUT2D eigenvalue weighted by atomic mass is 10.3. The van der Waals surface area contributed by atoms with Gasteiger partial charge in [0.1, 0.15) is 0 Å². The van der Waals surface area contributed by atoms with Gasteiger partial charge in [-0.05, 0) is 19.8 Å². The standard InChI is InChI=1S/C10H17N5S/c1-9-3-8-16-10(13-9)11-4-2-6-15-7-5-12-14-15/h5,7,9H,2-4,6,8H2,1H3,(H,11,13). The molecule has 1 N–H and O–H groups in total. The molecule has 88 valence electrons. The first-order valence-corrected chi connectivity index (χ1v) is 6.61. The first kappa shape index (κ1) is 11.4. The average molecular weight is 239 g/mol. The molecule has 2 heterocycles. The van der Waals surface area contributed by atoms with Crippen LogP contribution in [0.4, 0.5) is 0 Å². The quantitative estimate of drug-likeness (QED) is 0.801. The Morgan fingerprint density at radius 3 is 3.38 bits per heavy atom. The summed E-state index contributed by atoms with van der Waals surface area (Å²) < 4.78 is 1.84. The Morgan fingerprint density at radius 2 is 2.62 bits per heavy atom. The fraction of sp³-hybridized carbons (Fsp3) is 0.700. The van der Waals surface area contributed by atoms with Crippen molar-refractivity contribution in [3.63, 3.8) is 0 Å². The van der Waals surface area contributed by atoms with Gasteiger partial charge in [0.05, 0.1) is 6.20 Å². The fourth-order valence-electron chi connectivity index (χ4n) is 1.51. The number of aromatic nitrogens is 3. The van der Waals surface area contributed by atoms with Gasteiger partial charge in [-0.25, -0.2) is 0 Å². The topological polar surface area (TPSA) is 55.1 Å². The van der Waals surface area contributed by atoms with Crippen LogP contribution in [0.1, 0.15) is 19.8 Å². The second kappa shape index (κ2) is 5.89. The van der Waals surface area contributed by atoms with E-state index in [1.165, 1.54) is 12.2 Å². The molecule has 0 radical (unpaired) electrons. The summed E-state index contributed by atoms with van der Waals surface area (Å²) in [5, 5.41) is 12.2. The van der Waals surface area contributed by atoms with Crippen LogP contribution >= 0.6 is 11.8 Å². The monoisotopic (exact) mass is 239 g/mol. The maximum absolute atomic E-state index is 4.54. The van der Waals surface area contributed by atoms with Crippen LogP contribution < -0.4 is 5.32 Å². The Morgan fingerprint density at radius 1 is 1.69 bits per heavy atom. The molecule has 1 saturated heterocycles. The molecular formula is C10H17N5S. The maximum Gasteiger partial charge on any atom is 0.156 e. The van der Waals surface area contributed by atoms with E-state index < -0.39 is 0 Å². The third kappa shape index (κ3) is 3.52. The minimum atomic E-state index is 0.565. The molecule has 0 spiro atoms. The first-order chi connectivity index (χ1) is 7.84. The minimum absolute atomic E-state index is 0.565. The smallest absolute Gasteiger partial charge is 0.156 e. The van der Waals surface area contributed by atoms with Gasteiger partial charge in [-0.3, -0.25) is 9.67 Å². The summed E-state index contributed by atoms with van der Waals surface area (Å²) in [6.07, 6.45) is 5.81. The molecule has 1 unspecified atom stereocenters. The third-order valence-electron chi connectivity index (χ3n) is 2.43. The van der Waals surface area contributed by atoms with Gasteiger partial charge in [0.2, 0.25) is 0 Å². The van der Waals surface area contributed by atoms with E-state index in [-0.39, 0.29) is 0 Å². The molecule has 0 aromatic carbocycles. The molecule has 0 bridgehead atoms. The molecule has 5 nitrogen and oxygen atoms in total. The van der Waals surface area contributed by atoms with Crippen LogP contribution in [0, 0.1) is 0 Å². The molecule has 0 saturated carbocycles. The van der Waals surface area contributed by atoms with E-state index in [1.54, 1.807) is 6.20 Å². The zero-order chi connectivity index (χ0) is 11.2. The van der Waals surface area contributed by atoms with Crippen molar-refractivity contribution in [1.29, 1.82) is 0 Å². The second-order valence-electron chi connectivity index (χ2n) is 3.89. The number of aliphatic imine (C=N–C) groups is 1. The molecule has 1 aromatic rings. The highest BCUT2D eigenvalue weighted by atomic mass is 32.2. The molecule has 16 heavy (non-hydrogen) atoms. The van der Waals surface area contributed by atoms with Crippen LogP contribution in [0.15, 0.2) is 17.4 Å². The van der Waals surface area contributed by atoms with E-state index in [1.807, 2.05) is 22.6 Å². The summed E-state index contributed by atoms with van der Waals surface area (Å²) in [5.74, 6) is 1.18. The minimum Gasteiger partial charge on any atom is -0.362 e. The average Bonchev–Trinajstić information content (AvgIpc) is 2.77. The van der Waals surface area contributed by atoms with E-state index in [0.29, 0.717) is 6.04 Å². The van der Waals surface area contributed by atoms with Gasteiger partial charge in [-0.2, -0.15) is 0 Å². The lowest BCUT2D eigenvalue weighted by molar-refractivity contribution is 0.563. The zero-order valence-electron chi connectivity index (χ0n) is 9.46. The maximum atomic E-state index is 4.54. The Bertz CT molecular complexity index is 335. The number of rotatable bonds is 4. The van der Waals surface area contributed by atoms with Gasteiger partial charge in [-0.15, -0.1) is 5.10 Å². The molecule has 2 rings (SSSR count). The molecule has 1 aromatic heterocycles. The summed E-state index contributed by atoms with van der Waals surface area (Å²) in [6.45, 7) is 3.93. The van der Waals surface area contributed by atoms with Crippen LogP contribution in [0.25, 0.3) is 0 Å². The highest BCUT2D eigenvalue weighted by Crippen LogP contribution is 2.13. The Hall–Kier alpha value is -1.04. The van der Waals surface area contributed by atoms with Crippen molar-refractivity contribution >= 4 is 16.9 Å². The molecule has 0 aliphatic carbocycles. The molecule has 1 aliphatic rings. The van der Waals surface area contributed by atoms with Crippen molar-refractivity contribution in [2.24, 2.45) is 4.99 Å². The predicted molar refractivity (Wildman–Crippen MR) is 66.6 cm³/mol. The van der Waals surface area contributed by atoms with E-state index in [4.69, 9.17) is 0 Å². The van der Waals surface area contributed by atoms with Gasteiger partial charge in [0.25, 0.3) is 0 Å². The lowest BCUT2D eigenvalue weighted by Gasteiger charge is -2.21. The number of nitrogens with one attached hydrogen (secondary N) is 1. The van der Waals surface area contributed by atoms with Crippen LogP contribution in [0.3, 0.4) is 0 Å². The van der Waals surface area contributed by atoms with E-state index >= 15 is 0 Å². The molecule has 0 amide bonds. The van der Waals surface area contributed by atoms with Crippen LogP contribution in [-0.2, 0) is 6.54 Å². The molecule has 6 heteroatoms. The van der Waals surface area contributed by atoms with Gasteiger partial charge < -0.3 is 5.32 Å². The third-order valence-corrected chi connectivity index (χ3v) is 3.39. The van der Waals surface area contributed by atoms with Crippen molar-refractivity contribution in [2.75, 3.05) is 12.3 Å². The molecule has 1 fully saturated rings. The first-order valence-electron chi connectivity index (χ1n) is 5.62. The highest BCUT2D eigenvalue weighted by molar-refractivity contribution is 8.13. The molecular weight excluding hydrogens is 222 g/mol. The predicted octanol–water partition coefficient (Wildman–Crippen LogP) is 1.14. The summed E-state index contributed by atoms with van der Waals surface area (Å²) >= 11 is 1.82. The van der Waals surface area contributed by atoms with Crippen molar-refractivity contribution < 1.29 is 0 Å². The Labute approximate surface area is 99.7 Å². The van der Waals surface area contributed by atoms with Crippen LogP contribution in [0.2, 0.25) is 0 Å². The lowest BCUT2D eigenvalue weighted by Crippen LogP contribution is -2.35. The fourth-order valence-corrected chi connectivity index (χ4v) is 2.65. The van der Waals surface area contributed by atoms with Crippen LogP contribution in [0.5, 0.6) is 0 Å². The van der Waals surface area contributed by atoms with Gasteiger partial charge in [-0.1, -0.05) is 17.0 Å². The van der Waals surface area contributed by atoms with Crippen molar-refractivity contribution in [3.05, 3.63) is 12.4 Å². The second-order valence-corrected chi connectivity index (χ2v) is 4.97. The number of aryl methyl sites for hydroxylation is 1. The molecule has 1 atom stereocenters. The zero-order valence-corrected chi connectivity index (χ0v) is 10.3. The summed E-state index contributed by atoms with van der Waals surface area (Å²) in [7, 11) is 0. The Kier molecular flexibility index (Phi) is 4.21. The van der Waals surface area contributed by atoms with E-state index in [9.17, 15) is 0 Å². The van der Waals surface area contributed by atoms with E-state index in [2.05, 4.69) is 27.5 Å². The number of amidine groups is 1. The van der Waals surface area contributed by atoms with Gasteiger partial charge in [0.15, 0.2) is 5.17 Å². The summed E-state index contributed by atoms with van der Waals surface area (Å²) in [5.41, 5.74) is 0. The molecule has 1 aliphatic heterocycles. The van der Waals surface area contributed by atoms with Gasteiger partial charge in [0, 0.05) is 31.1 Å². The largest absolute Gasteiger partial charge is 0.362 e. The van der Waals surface area contributed by atoms with Gasteiger partial charge >= 0.3 is 0 Å². The number of thioether (sulfide) groups is 1. The van der Waals surface area contributed by atoms with Crippen LogP contribution in [-0.4, -0.2) is 38.5 Å². The number of hydrogen-bond donors (Lipinski definition) is 1. The highest BCUT2D eigenvalue weighted by Gasteiger charge is 2.12. The normalized spacial score (nSPS) is 23.3. The number of hydrogen-bond acceptors (Lipinski definition) is 4. The Balaban J connectivity index is 1.68. The van der Waals surface area contributed by atoms with E-state index in [0.717, 1.165) is 24.7 Å².